The summed E-state index contributed by atoms with van der Waals surface area (Å²) in [5, 5.41) is 7.57. The van der Waals surface area contributed by atoms with E-state index in [1.165, 1.54) is 0 Å². The Morgan fingerprint density at radius 2 is 2.23 bits per heavy atom. The highest BCUT2D eigenvalue weighted by atomic mass is 35.5. The van der Waals surface area contributed by atoms with Gasteiger partial charge in [-0.2, -0.15) is 5.10 Å². The fourth-order valence-corrected chi connectivity index (χ4v) is 2.29. The van der Waals surface area contributed by atoms with Crippen LogP contribution in [0.25, 0.3) is 11.4 Å². The summed E-state index contributed by atoms with van der Waals surface area (Å²) in [5.41, 5.74) is 6.92. The summed E-state index contributed by atoms with van der Waals surface area (Å²) in [5.74, 6) is 2.68. The number of aryl methyl sites for hydroxylation is 1. The number of aromatic nitrogens is 5. The number of H-pyrrole nitrogens is 1. The molecule has 0 aliphatic heterocycles. The molecule has 0 aliphatic carbocycles. The molecule has 0 unspecified atom stereocenters. The summed E-state index contributed by atoms with van der Waals surface area (Å²) in [6, 6.07) is 3.36. The number of aromatic amines is 1. The maximum absolute atomic E-state index is 6.08. The number of nitrogen functional groups attached to an aromatic ring is 1. The van der Waals surface area contributed by atoms with Crippen molar-refractivity contribution in [1.29, 1.82) is 0 Å². The van der Waals surface area contributed by atoms with E-state index in [0.29, 0.717) is 40.1 Å². The molecule has 0 saturated carbocycles. The highest BCUT2D eigenvalue weighted by molar-refractivity contribution is 6.33. The van der Waals surface area contributed by atoms with Crippen LogP contribution in [0.2, 0.25) is 5.02 Å². The van der Waals surface area contributed by atoms with E-state index < -0.39 is 0 Å². The lowest BCUT2D eigenvalue weighted by atomic mass is 10.1. The van der Waals surface area contributed by atoms with E-state index in [1.54, 1.807) is 25.4 Å². The third-order valence-electron chi connectivity index (χ3n) is 3.34. The van der Waals surface area contributed by atoms with Crippen LogP contribution >= 0.6 is 11.6 Å². The number of ether oxygens (including phenoxy) is 1. The Morgan fingerprint density at radius 3 is 2.91 bits per heavy atom. The summed E-state index contributed by atoms with van der Waals surface area (Å²) in [6.45, 7) is 0. The van der Waals surface area contributed by atoms with Gasteiger partial charge in [0.1, 0.15) is 17.4 Å². The first-order valence-corrected chi connectivity index (χ1v) is 6.97. The number of methoxy groups -OCH3 is 1. The van der Waals surface area contributed by atoms with E-state index >= 15 is 0 Å². The Hall–Kier alpha value is -2.54. The molecule has 0 aliphatic rings. The predicted octanol–water partition coefficient (Wildman–Crippen LogP) is 2.04. The normalized spacial score (nSPS) is 10.9. The summed E-state index contributed by atoms with van der Waals surface area (Å²) in [4.78, 5) is 8.74. The lowest BCUT2D eigenvalue weighted by molar-refractivity contribution is 0.416. The van der Waals surface area contributed by atoms with Crippen LogP contribution in [0.3, 0.4) is 0 Å². The number of rotatable bonds is 4. The van der Waals surface area contributed by atoms with E-state index in [0.717, 1.165) is 5.82 Å². The number of imidazole rings is 1. The van der Waals surface area contributed by atoms with Crippen LogP contribution in [-0.4, -0.2) is 31.8 Å². The largest absolute Gasteiger partial charge is 0.496 e. The van der Waals surface area contributed by atoms with Crippen molar-refractivity contribution >= 4 is 17.3 Å². The molecule has 2 heterocycles. The maximum Gasteiger partial charge on any atom is 0.184 e. The molecular formula is C14H15ClN6O. The molecule has 0 saturated heterocycles. The van der Waals surface area contributed by atoms with Gasteiger partial charge >= 0.3 is 0 Å². The topological polar surface area (TPSA) is 94.6 Å². The number of nitrogens with zero attached hydrogens (tertiary/aromatic N) is 4. The Bertz CT molecular complexity index is 810. The monoisotopic (exact) mass is 318 g/mol. The SMILES string of the molecule is COc1cc(N)c(Cl)cc1-c1n[nH]c(Cc2nccn2C)n1. The minimum absolute atomic E-state index is 0.436. The molecular weight excluding hydrogens is 304 g/mol. The van der Waals surface area contributed by atoms with E-state index in [9.17, 15) is 0 Å². The molecule has 8 heteroatoms. The number of nitrogens with two attached hydrogens (primary N) is 1. The van der Waals surface area contributed by atoms with Crippen LogP contribution in [0.15, 0.2) is 24.5 Å². The zero-order chi connectivity index (χ0) is 15.7. The van der Waals surface area contributed by atoms with E-state index in [1.807, 2.05) is 17.8 Å². The highest BCUT2D eigenvalue weighted by Crippen LogP contribution is 2.34. The fourth-order valence-electron chi connectivity index (χ4n) is 2.12. The summed E-state index contributed by atoms with van der Waals surface area (Å²) >= 11 is 6.08. The minimum Gasteiger partial charge on any atom is -0.496 e. The number of nitrogens with one attached hydrogen (secondary N) is 1. The van der Waals surface area contributed by atoms with Gasteiger partial charge in [-0.05, 0) is 6.07 Å². The second-order valence-electron chi connectivity index (χ2n) is 4.81. The third kappa shape index (κ3) is 2.62. The van der Waals surface area contributed by atoms with Crippen molar-refractivity contribution in [3.05, 3.63) is 41.2 Å². The number of halogens is 1. The third-order valence-corrected chi connectivity index (χ3v) is 3.67. The molecule has 1 aromatic carbocycles. The van der Waals surface area contributed by atoms with Crippen LogP contribution in [0.5, 0.6) is 5.75 Å². The van der Waals surface area contributed by atoms with Crippen molar-refractivity contribution in [1.82, 2.24) is 24.7 Å². The summed E-state index contributed by atoms with van der Waals surface area (Å²) < 4.78 is 7.25. The van der Waals surface area contributed by atoms with Gasteiger partial charge in [0.15, 0.2) is 5.82 Å². The van der Waals surface area contributed by atoms with Crippen LogP contribution in [0, 0.1) is 0 Å². The number of hydrogen-bond donors (Lipinski definition) is 2. The maximum atomic E-state index is 6.08. The second kappa shape index (κ2) is 5.69. The van der Waals surface area contributed by atoms with Crippen LogP contribution in [0.4, 0.5) is 5.69 Å². The minimum atomic E-state index is 0.436. The number of benzene rings is 1. The van der Waals surface area contributed by atoms with Gasteiger partial charge in [-0.3, -0.25) is 5.10 Å². The van der Waals surface area contributed by atoms with Gasteiger partial charge in [-0.15, -0.1) is 0 Å². The molecule has 3 N–H and O–H groups in total. The van der Waals surface area contributed by atoms with Crippen molar-refractivity contribution in [2.75, 3.05) is 12.8 Å². The van der Waals surface area contributed by atoms with Crippen molar-refractivity contribution in [2.45, 2.75) is 6.42 Å². The van der Waals surface area contributed by atoms with E-state index in [-0.39, 0.29) is 0 Å². The molecule has 7 nitrogen and oxygen atoms in total. The zero-order valence-electron chi connectivity index (χ0n) is 12.2. The Morgan fingerprint density at radius 1 is 1.41 bits per heavy atom. The quantitative estimate of drug-likeness (QED) is 0.718. The fraction of sp³-hybridized carbons (Fsp3) is 0.214. The Kier molecular flexibility index (Phi) is 3.72. The molecule has 114 valence electrons. The Balaban J connectivity index is 1.94. The Labute approximate surface area is 132 Å². The van der Waals surface area contributed by atoms with E-state index in [4.69, 9.17) is 22.1 Å². The van der Waals surface area contributed by atoms with Crippen LogP contribution < -0.4 is 10.5 Å². The molecule has 0 bridgehead atoms. The average Bonchev–Trinajstić information content (AvgIpc) is 3.12. The zero-order valence-corrected chi connectivity index (χ0v) is 12.9. The molecule has 0 amide bonds. The standard InChI is InChI=1S/C14H15ClN6O/c1-21-4-3-17-13(21)7-12-18-14(20-19-12)8-5-9(15)10(16)6-11(8)22-2/h3-6H,7,16H2,1-2H3,(H,18,19,20). The highest BCUT2D eigenvalue weighted by Gasteiger charge is 2.15. The van der Waals surface area contributed by atoms with Crippen LogP contribution in [-0.2, 0) is 13.5 Å². The van der Waals surface area contributed by atoms with Gasteiger partial charge < -0.3 is 15.0 Å². The number of hydrogen-bond acceptors (Lipinski definition) is 5. The lowest BCUT2D eigenvalue weighted by Gasteiger charge is -2.07. The smallest absolute Gasteiger partial charge is 0.184 e. The first-order valence-electron chi connectivity index (χ1n) is 6.59. The molecule has 22 heavy (non-hydrogen) atoms. The second-order valence-corrected chi connectivity index (χ2v) is 5.22. The van der Waals surface area contributed by atoms with Gasteiger partial charge in [-0.1, -0.05) is 11.6 Å². The van der Waals surface area contributed by atoms with Crippen molar-refractivity contribution in [3.63, 3.8) is 0 Å². The van der Waals surface area contributed by atoms with Gasteiger partial charge in [-0.25, -0.2) is 9.97 Å². The van der Waals surface area contributed by atoms with Gasteiger partial charge in [0.25, 0.3) is 0 Å². The van der Waals surface area contributed by atoms with Gasteiger partial charge in [0.2, 0.25) is 0 Å². The van der Waals surface area contributed by atoms with Crippen molar-refractivity contribution in [3.8, 4) is 17.1 Å². The van der Waals surface area contributed by atoms with Crippen molar-refractivity contribution < 1.29 is 4.74 Å². The van der Waals surface area contributed by atoms with Gasteiger partial charge in [0.05, 0.1) is 29.8 Å². The first-order chi connectivity index (χ1) is 10.6. The molecule has 2 aromatic heterocycles. The molecule has 0 fully saturated rings. The summed E-state index contributed by atoms with van der Waals surface area (Å²) in [7, 11) is 3.50. The summed E-state index contributed by atoms with van der Waals surface area (Å²) in [6.07, 6.45) is 4.19. The van der Waals surface area contributed by atoms with Crippen molar-refractivity contribution in [2.24, 2.45) is 7.05 Å². The molecule has 0 spiro atoms. The molecule has 3 rings (SSSR count). The molecule has 0 atom stereocenters. The first kappa shape index (κ1) is 14.4. The average molecular weight is 319 g/mol. The van der Waals surface area contributed by atoms with Crippen LogP contribution in [0.1, 0.15) is 11.6 Å². The lowest BCUT2D eigenvalue weighted by Crippen LogP contribution is -2.00. The van der Waals surface area contributed by atoms with E-state index in [2.05, 4.69) is 20.2 Å². The molecule has 0 radical (unpaired) electrons. The molecule has 3 aromatic rings. The van der Waals surface area contributed by atoms with Gasteiger partial charge in [0, 0.05) is 25.5 Å². The predicted molar refractivity (Wildman–Crippen MR) is 83.8 cm³/mol. The number of anilines is 1.